The molecule has 4 nitrogen and oxygen atoms in total. The summed E-state index contributed by atoms with van der Waals surface area (Å²) in [5.74, 6) is 2.03. The number of hydrogen-bond donors (Lipinski definition) is 0. The minimum atomic E-state index is -0.149. The highest BCUT2D eigenvalue weighted by Gasteiger charge is 2.27. The van der Waals surface area contributed by atoms with Crippen molar-refractivity contribution < 1.29 is 9.47 Å². The van der Waals surface area contributed by atoms with Crippen molar-refractivity contribution in [3.63, 3.8) is 0 Å². The van der Waals surface area contributed by atoms with Crippen LogP contribution < -0.4 is 4.74 Å². The third-order valence-electron chi connectivity index (χ3n) is 5.73. The Morgan fingerprint density at radius 1 is 1.10 bits per heavy atom. The number of methoxy groups -OCH3 is 1. The van der Waals surface area contributed by atoms with Crippen molar-refractivity contribution in [2.24, 2.45) is 10.9 Å². The van der Waals surface area contributed by atoms with E-state index >= 15 is 0 Å². The fourth-order valence-corrected chi connectivity index (χ4v) is 4.08. The summed E-state index contributed by atoms with van der Waals surface area (Å²) in [6, 6.07) is 12.7. The van der Waals surface area contributed by atoms with Crippen LogP contribution >= 0.6 is 0 Å². The topological polar surface area (TPSA) is 43.7 Å². The van der Waals surface area contributed by atoms with Gasteiger partial charge in [0.1, 0.15) is 6.61 Å². The summed E-state index contributed by atoms with van der Waals surface area (Å²) >= 11 is 0. The highest BCUT2D eigenvalue weighted by atomic mass is 16.5. The molecule has 0 N–H and O–H groups in total. The molecule has 1 aliphatic heterocycles. The Kier molecular flexibility index (Phi) is 5.44. The SMILES string of the molecule is COc1nc(C(=CC2CCCC2)c2ccc(C3=NC(C)(C)CO3)cc2)ccc1C. The predicted molar refractivity (Wildman–Crippen MR) is 118 cm³/mol. The van der Waals surface area contributed by atoms with Gasteiger partial charge in [0.15, 0.2) is 0 Å². The van der Waals surface area contributed by atoms with Crippen LogP contribution in [0.1, 0.15) is 61.9 Å². The van der Waals surface area contributed by atoms with Gasteiger partial charge in [0.25, 0.3) is 0 Å². The van der Waals surface area contributed by atoms with Crippen molar-refractivity contribution in [2.75, 3.05) is 13.7 Å². The van der Waals surface area contributed by atoms with Gasteiger partial charge in [-0.2, -0.15) is 0 Å². The molecular formula is C25H30N2O2. The lowest BCUT2D eigenvalue weighted by Crippen LogP contribution is -2.17. The molecule has 0 spiro atoms. The van der Waals surface area contributed by atoms with Gasteiger partial charge in [-0.05, 0) is 63.3 Å². The van der Waals surface area contributed by atoms with Gasteiger partial charge >= 0.3 is 0 Å². The van der Waals surface area contributed by atoms with Crippen molar-refractivity contribution in [2.45, 2.75) is 52.0 Å². The van der Waals surface area contributed by atoms with Crippen LogP contribution in [0.15, 0.2) is 47.5 Å². The Hall–Kier alpha value is -2.62. The van der Waals surface area contributed by atoms with Crippen LogP contribution in [0.25, 0.3) is 5.57 Å². The highest BCUT2D eigenvalue weighted by Crippen LogP contribution is 2.33. The molecule has 1 saturated carbocycles. The summed E-state index contributed by atoms with van der Waals surface area (Å²) in [7, 11) is 1.68. The van der Waals surface area contributed by atoms with Crippen LogP contribution in [-0.4, -0.2) is 30.1 Å². The summed E-state index contributed by atoms with van der Waals surface area (Å²) in [6.45, 7) is 6.83. The van der Waals surface area contributed by atoms with E-state index in [9.17, 15) is 0 Å². The van der Waals surface area contributed by atoms with Crippen LogP contribution in [0.2, 0.25) is 0 Å². The quantitative estimate of drug-likeness (QED) is 0.670. The van der Waals surface area contributed by atoms with E-state index in [0.29, 0.717) is 18.4 Å². The van der Waals surface area contributed by atoms with Crippen molar-refractivity contribution in [1.29, 1.82) is 0 Å². The van der Waals surface area contributed by atoms with Gasteiger partial charge < -0.3 is 9.47 Å². The number of aliphatic imine (C=N–C) groups is 1. The van der Waals surface area contributed by atoms with Gasteiger partial charge in [0, 0.05) is 16.7 Å². The Bertz CT molecular complexity index is 936. The summed E-state index contributed by atoms with van der Waals surface area (Å²) in [6.07, 6.45) is 7.54. The Morgan fingerprint density at radius 3 is 2.45 bits per heavy atom. The van der Waals surface area contributed by atoms with E-state index in [1.807, 2.05) is 6.92 Å². The third-order valence-corrected chi connectivity index (χ3v) is 5.73. The van der Waals surface area contributed by atoms with Gasteiger partial charge in [-0.15, -0.1) is 0 Å². The standard InChI is InChI=1S/C25H30N2O2/c1-17-9-14-22(26-23(17)28-4)21(15-18-7-5-6-8-18)19-10-12-20(13-11-19)24-27-25(2,3)16-29-24/h9-15,18H,5-8,16H2,1-4H3. The lowest BCUT2D eigenvalue weighted by Gasteiger charge is -2.14. The molecule has 1 aliphatic carbocycles. The zero-order chi connectivity index (χ0) is 20.4. The molecule has 1 aromatic carbocycles. The number of pyridine rings is 1. The number of benzene rings is 1. The Balaban J connectivity index is 1.70. The molecule has 29 heavy (non-hydrogen) atoms. The predicted octanol–water partition coefficient (Wildman–Crippen LogP) is 5.58. The lowest BCUT2D eigenvalue weighted by atomic mass is 9.95. The maximum absolute atomic E-state index is 5.80. The number of ether oxygens (including phenoxy) is 2. The number of rotatable bonds is 5. The van der Waals surface area contributed by atoms with Gasteiger partial charge in [-0.25, -0.2) is 9.98 Å². The number of hydrogen-bond acceptors (Lipinski definition) is 4. The molecule has 1 fully saturated rings. The average Bonchev–Trinajstić information content (AvgIpc) is 3.36. The first-order chi connectivity index (χ1) is 13.9. The first-order valence-electron chi connectivity index (χ1n) is 10.5. The van der Waals surface area contributed by atoms with Gasteiger partial charge in [0.2, 0.25) is 11.8 Å². The molecule has 0 atom stereocenters. The molecular weight excluding hydrogens is 360 g/mol. The monoisotopic (exact) mass is 390 g/mol. The first kappa shape index (κ1) is 19.7. The molecule has 4 rings (SSSR count). The molecule has 1 aromatic heterocycles. The van der Waals surface area contributed by atoms with E-state index in [1.165, 1.54) is 31.3 Å². The van der Waals surface area contributed by atoms with E-state index < -0.39 is 0 Å². The van der Waals surface area contributed by atoms with Gasteiger partial charge in [0.05, 0.1) is 18.3 Å². The normalized spacial score (nSPS) is 19.2. The fraction of sp³-hybridized carbons (Fsp3) is 0.440. The molecule has 4 heteroatoms. The van der Waals surface area contributed by atoms with Crippen molar-refractivity contribution >= 4 is 11.5 Å². The van der Waals surface area contributed by atoms with Crippen molar-refractivity contribution in [1.82, 2.24) is 4.98 Å². The molecule has 152 valence electrons. The van der Waals surface area contributed by atoms with E-state index in [1.54, 1.807) is 7.11 Å². The molecule has 2 heterocycles. The van der Waals surface area contributed by atoms with E-state index in [2.05, 4.69) is 61.3 Å². The fourth-order valence-electron chi connectivity index (χ4n) is 4.08. The Morgan fingerprint density at radius 2 is 1.83 bits per heavy atom. The summed E-state index contributed by atoms with van der Waals surface area (Å²) < 4.78 is 11.3. The smallest absolute Gasteiger partial charge is 0.216 e. The molecule has 2 aromatic rings. The molecule has 0 amide bonds. The number of nitrogens with zero attached hydrogens (tertiary/aromatic N) is 2. The first-order valence-corrected chi connectivity index (χ1v) is 10.5. The van der Waals surface area contributed by atoms with Crippen LogP contribution in [0, 0.1) is 12.8 Å². The van der Waals surface area contributed by atoms with E-state index in [-0.39, 0.29) is 5.54 Å². The molecule has 0 unspecified atom stereocenters. The molecule has 0 bridgehead atoms. The van der Waals surface area contributed by atoms with E-state index in [0.717, 1.165) is 28.3 Å². The highest BCUT2D eigenvalue weighted by molar-refractivity contribution is 5.96. The number of aromatic nitrogens is 1. The summed E-state index contributed by atoms with van der Waals surface area (Å²) in [5.41, 5.74) is 5.22. The maximum atomic E-state index is 5.80. The van der Waals surface area contributed by atoms with Crippen LogP contribution in [0.4, 0.5) is 0 Å². The minimum absolute atomic E-state index is 0.149. The second-order valence-corrected chi connectivity index (χ2v) is 8.74. The second kappa shape index (κ2) is 8.02. The zero-order valence-corrected chi connectivity index (χ0v) is 17.9. The maximum Gasteiger partial charge on any atom is 0.216 e. The molecule has 2 aliphatic rings. The summed E-state index contributed by atoms with van der Waals surface area (Å²) in [5, 5.41) is 0. The molecule has 0 radical (unpaired) electrons. The van der Waals surface area contributed by atoms with Crippen LogP contribution in [0.5, 0.6) is 5.88 Å². The minimum Gasteiger partial charge on any atom is -0.481 e. The third kappa shape index (κ3) is 4.36. The van der Waals surface area contributed by atoms with Crippen molar-refractivity contribution in [3.8, 4) is 5.88 Å². The van der Waals surface area contributed by atoms with Gasteiger partial charge in [-0.3, -0.25) is 0 Å². The summed E-state index contributed by atoms with van der Waals surface area (Å²) in [4.78, 5) is 9.48. The average molecular weight is 391 g/mol. The van der Waals surface area contributed by atoms with Crippen LogP contribution in [-0.2, 0) is 4.74 Å². The van der Waals surface area contributed by atoms with E-state index in [4.69, 9.17) is 14.5 Å². The van der Waals surface area contributed by atoms with Gasteiger partial charge in [-0.1, -0.05) is 37.1 Å². The number of allylic oxidation sites excluding steroid dienone is 1. The Labute approximate surface area is 173 Å². The van der Waals surface area contributed by atoms with Crippen molar-refractivity contribution in [3.05, 3.63) is 64.9 Å². The molecule has 0 saturated heterocycles. The lowest BCUT2D eigenvalue weighted by molar-refractivity contribution is 0.279. The largest absolute Gasteiger partial charge is 0.481 e. The number of aryl methyl sites for hydroxylation is 1. The second-order valence-electron chi connectivity index (χ2n) is 8.74. The zero-order valence-electron chi connectivity index (χ0n) is 17.9. The van der Waals surface area contributed by atoms with Crippen LogP contribution in [0.3, 0.4) is 0 Å².